The molecule has 0 saturated carbocycles. The van der Waals surface area contributed by atoms with Crippen LogP contribution in [0.5, 0.6) is 0 Å². The molecule has 3 aromatic rings. The molecule has 17 heavy (non-hydrogen) atoms. The predicted molar refractivity (Wildman–Crippen MR) is 59.0 cm³/mol. The molecule has 0 aliphatic heterocycles. The highest BCUT2D eigenvalue weighted by atomic mass is 16.4. The van der Waals surface area contributed by atoms with Gasteiger partial charge in [-0.2, -0.15) is 0 Å². The normalized spacial score (nSPS) is 10.8. The molecule has 0 atom stereocenters. The smallest absolute Gasteiger partial charge is 0.417 e. The number of aromatic amines is 1. The Kier molecular flexibility index (Phi) is 1.98. The SMILES string of the molecule is O=C(c1ccc2[nH]c(=O)oc2c1)c1ccco1. The van der Waals surface area contributed by atoms with Gasteiger partial charge in [0, 0.05) is 5.56 Å². The number of fused-ring (bicyclic) bond motifs is 1. The first-order valence-corrected chi connectivity index (χ1v) is 4.95. The summed E-state index contributed by atoms with van der Waals surface area (Å²) in [6.07, 6.45) is 1.43. The van der Waals surface area contributed by atoms with Crippen LogP contribution >= 0.6 is 0 Å². The summed E-state index contributed by atoms with van der Waals surface area (Å²) in [5, 5.41) is 0. The lowest BCUT2D eigenvalue weighted by Gasteiger charge is -1.96. The lowest BCUT2D eigenvalue weighted by atomic mass is 10.1. The van der Waals surface area contributed by atoms with Gasteiger partial charge < -0.3 is 8.83 Å². The van der Waals surface area contributed by atoms with Crippen LogP contribution in [0.1, 0.15) is 16.1 Å². The maximum atomic E-state index is 11.9. The Hall–Kier alpha value is -2.56. The average molecular weight is 229 g/mol. The average Bonchev–Trinajstić information content (AvgIpc) is 2.94. The fourth-order valence-electron chi connectivity index (χ4n) is 1.64. The highest BCUT2D eigenvalue weighted by Crippen LogP contribution is 2.16. The zero-order valence-corrected chi connectivity index (χ0v) is 8.60. The quantitative estimate of drug-likeness (QED) is 0.681. The van der Waals surface area contributed by atoms with Crippen LogP contribution in [-0.2, 0) is 0 Å². The van der Waals surface area contributed by atoms with Gasteiger partial charge in [-0.15, -0.1) is 0 Å². The molecule has 0 unspecified atom stereocenters. The van der Waals surface area contributed by atoms with E-state index in [2.05, 4.69) is 4.98 Å². The minimum atomic E-state index is -0.539. The van der Waals surface area contributed by atoms with E-state index in [1.54, 1.807) is 24.3 Å². The van der Waals surface area contributed by atoms with E-state index in [0.717, 1.165) is 0 Å². The molecule has 0 fully saturated rings. The van der Waals surface area contributed by atoms with Crippen LogP contribution in [0, 0.1) is 0 Å². The molecular weight excluding hydrogens is 222 g/mol. The number of oxazole rings is 1. The number of nitrogens with one attached hydrogen (secondary N) is 1. The minimum absolute atomic E-state index is 0.249. The number of benzene rings is 1. The zero-order chi connectivity index (χ0) is 11.8. The Balaban J connectivity index is 2.12. The first-order valence-electron chi connectivity index (χ1n) is 4.95. The van der Waals surface area contributed by atoms with Crippen molar-refractivity contribution in [3.63, 3.8) is 0 Å². The van der Waals surface area contributed by atoms with Crippen molar-refractivity contribution >= 4 is 16.9 Å². The van der Waals surface area contributed by atoms with E-state index in [9.17, 15) is 9.59 Å². The van der Waals surface area contributed by atoms with Crippen LogP contribution in [0.15, 0.2) is 50.2 Å². The molecule has 3 rings (SSSR count). The van der Waals surface area contributed by atoms with Crippen molar-refractivity contribution in [2.75, 3.05) is 0 Å². The number of hydrogen-bond donors (Lipinski definition) is 1. The summed E-state index contributed by atoms with van der Waals surface area (Å²) in [4.78, 5) is 25.4. The molecule has 1 aromatic carbocycles. The van der Waals surface area contributed by atoms with Gasteiger partial charge in [-0.3, -0.25) is 9.78 Å². The number of rotatable bonds is 2. The number of H-pyrrole nitrogens is 1. The van der Waals surface area contributed by atoms with Crippen molar-refractivity contribution in [1.29, 1.82) is 0 Å². The molecule has 5 heteroatoms. The van der Waals surface area contributed by atoms with Crippen LogP contribution in [-0.4, -0.2) is 10.8 Å². The summed E-state index contributed by atoms with van der Waals surface area (Å²) >= 11 is 0. The van der Waals surface area contributed by atoms with Gasteiger partial charge in [-0.05, 0) is 30.3 Å². The molecular formula is C12H7NO4. The van der Waals surface area contributed by atoms with Gasteiger partial charge in [-0.1, -0.05) is 0 Å². The Bertz CT molecular complexity index is 733. The fourth-order valence-corrected chi connectivity index (χ4v) is 1.64. The van der Waals surface area contributed by atoms with E-state index < -0.39 is 5.76 Å². The maximum absolute atomic E-state index is 11.9. The van der Waals surface area contributed by atoms with Gasteiger partial charge in [0.05, 0.1) is 11.8 Å². The van der Waals surface area contributed by atoms with Crippen molar-refractivity contribution in [3.05, 3.63) is 58.5 Å². The number of carbonyl (C=O) groups excluding carboxylic acids is 1. The number of furan rings is 1. The van der Waals surface area contributed by atoms with Crippen LogP contribution in [0.2, 0.25) is 0 Å². The monoisotopic (exact) mass is 229 g/mol. The molecule has 0 bridgehead atoms. The molecule has 84 valence electrons. The van der Waals surface area contributed by atoms with Crippen LogP contribution < -0.4 is 5.76 Å². The second-order valence-corrected chi connectivity index (χ2v) is 3.53. The second-order valence-electron chi connectivity index (χ2n) is 3.53. The van der Waals surface area contributed by atoms with Crippen LogP contribution in [0.4, 0.5) is 0 Å². The van der Waals surface area contributed by atoms with E-state index >= 15 is 0 Å². The molecule has 2 heterocycles. The maximum Gasteiger partial charge on any atom is 0.417 e. The molecule has 0 spiro atoms. The Morgan fingerprint density at radius 1 is 1.24 bits per heavy atom. The summed E-state index contributed by atoms with van der Waals surface area (Å²) in [6, 6.07) is 7.97. The zero-order valence-electron chi connectivity index (χ0n) is 8.60. The highest BCUT2D eigenvalue weighted by molar-refractivity contribution is 6.08. The first-order chi connectivity index (χ1) is 8.24. The van der Waals surface area contributed by atoms with Crippen molar-refractivity contribution in [2.24, 2.45) is 0 Å². The Morgan fingerprint density at radius 3 is 2.88 bits per heavy atom. The summed E-state index contributed by atoms with van der Waals surface area (Å²) < 4.78 is 9.90. The molecule has 0 radical (unpaired) electrons. The van der Waals surface area contributed by atoms with Gasteiger partial charge in [0.15, 0.2) is 11.3 Å². The van der Waals surface area contributed by atoms with Crippen LogP contribution in [0.3, 0.4) is 0 Å². The second kappa shape index (κ2) is 3.48. The Morgan fingerprint density at radius 2 is 2.12 bits per heavy atom. The summed E-state index contributed by atoms with van der Waals surface area (Å²) in [5.41, 5.74) is 1.33. The minimum Gasteiger partial charge on any atom is -0.461 e. The fraction of sp³-hybridized carbons (Fsp3) is 0. The third-order valence-electron chi connectivity index (χ3n) is 2.43. The van der Waals surface area contributed by atoms with Crippen molar-refractivity contribution in [2.45, 2.75) is 0 Å². The molecule has 2 aromatic heterocycles. The first kappa shape index (κ1) is 9.65. The summed E-state index contributed by atoms with van der Waals surface area (Å²) in [7, 11) is 0. The lowest BCUT2D eigenvalue weighted by molar-refractivity contribution is 0.101. The number of ketones is 1. The van der Waals surface area contributed by atoms with E-state index in [1.165, 1.54) is 12.3 Å². The standard InChI is InChI=1S/C12H7NO4/c14-11(9-2-1-5-16-9)7-3-4-8-10(6-7)17-12(15)13-8/h1-6H,(H,13,15). The third kappa shape index (κ3) is 1.57. The molecule has 0 aliphatic carbocycles. The van der Waals surface area contributed by atoms with E-state index in [1.807, 2.05) is 0 Å². The lowest BCUT2D eigenvalue weighted by Crippen LogP contribution is -1.98. The van der Waals surface area contributed by atoms with Gasteiger partial charge in [0.2, 0.25) is 5.78 Å². The Labute approximate surface area is 94.7 Å². The van der Waals surface area contributed by atoms with E-state index in [-0.39, 0.29) is 11.5 Å². The van der Waals surface area contributed by atoms with Crippen molar-refractivity contribution in [3.8, 4) is 0 Å². The molecule has 0 aliphatic rings. The van der Waals surface area contributed by atoms with Crippen molar-refractivity contribution in [1.82, 2.24) is 4.98 Å². The number of aromatic nitrogens is 1. The summed E-state index contributed by atoms with van der Waals surface area (Å²) in [6.45, 7) is 0. The number of carbonyl (C=O) groups is 1. The highest BCUT2D eigenvalue weighted by Gasteiger charge is 2.13. The van der Waals surface area contributed by atoms with E-state index in [4.69, 9.17) is 8.83 Å². The van der Waals surface area contributed by atoms with Gasteiger partial charge in [-0.25, -0.2) is 4.79 Å². The topological polar surface area (TPSA) is 76.2 Å². The molecule has 1 N–H and O–H groups in total. The van der Waals surface area contributed by atoms with Gasteiger partial charge in [0.25, 0.3) is 0 Å². The number of hydrogen-bond acceptors (Lipinski definition) is 4. The van der Waals surface area contributed by atoms with Gasteiger partial charge in [0.1, 0.15) is 0 Å². The molecule has 5 nitrogen and oxygen atoms in total. The predicted octanol–water partition coefficient (Wildman–Crippen LogP) is 1.95. The molecule has 0 amide bonds. The van der Waals surface area contributed by atoms with Gasteiger partial charge >= 0.3 is 5.76 Å². The van der Waals surface area contributed by atoms with Crippen LogP contribution in [0.25, 0.3) is 11.1 Å². The third-order valence-corrected chi connectivity index (χ3v) is 2.43. The largest absolute Gasteiger partial charge is 0.461 e. The molecule has 0 saturated heterocycles. The summed E-state index contributed by atoms with van der Waals surface area (Å²) in [5.74, 6) is -0.537. The van der Waals surface area contributed by atoms with Crippen molar-refractivity contribution < 1.29 is 13.6 Å². The van der Waals surface area contributed by atoms with E-state index in [0.29, 0.717) is 16.7 Å².